The fourth-order valence-electron chi connectivity index (χ4n) is 3.53. The third kappa shape index (κ3) is 3.13. The molecule has 0 unspecified atom stereocenters. The second kappa shape index (κ2) is 6.75. The average Bonchev–Trinajstić information content (AvgIpc) is 3.12. The van der Waals surface area contributed by atoms with Crippen LogP contribution in [-0.4, -0.2) is 35.8 Å². The summed E-state index contributed by atoms with van der Waals surface area (Å²) in [5.74, 6) is -0.825. The number of esters is 1. The van der Waals surface area contributed by atoms with Crippen LogP contribution in [0.15, 0.2) is 35.5 Å². The van der Waals surface area contributed by atoms with Gasteiger partial charge < -0.3 is 9.64 Å². The van der Waals surface area contributed by atoms with Crippen molar-refractivity contribution in [2.75, 3.05) is 13.2 Å². The standard InChI is InChI=1S/C18H20ClNO3/c1-2-23-18(22)16(15-9-8-14-7-4-10-20(14)15)17(21)12-5-3-6-13(19)11-12/h3,5-6,11,14H,2,4,7-10H2,1H3/b16-15+/t14-/m0/s1. The van der Waals surface area contributed by atoms with Crippen molar-refractivity contribution in [3.63, 3.8) is 0 Å². The first-order valence-electron chi connectivity index (χ1n) is 8.09. The summed E-state index contributed by atoms with van der Waals surface area (Å²) in [4.78, 5) is 27.6. The normalized spacial score (nSPS) is 22.0. The number of nitrogens with zero attached hydrogens (tertiary/aromatic N) is 1. The van der Waals surface area contributed by atoms with Gasteiger partial charge in [0.15, 0.2) is 0 Å². The van der Waals surface area contributed by atoms with E-state index >= 15 is 0 Å². The number of Topliss-reactive ketones (excluding diaryl/α,β-unsaturated/α-hetero) is 1. The highest BCUT2D eigenvalue weighted by Crippen LogP contribution is 2.37. The van der Waals surface area contributed by atoms with Crippen LogP contribution in [0.1, 0.15) is 43.0 Å². The summed E-state index contributed by atoms with van der Waals surface area (Å²) in [7, 11) is 0. The Morgan fingerprint density at radius 3 is 2.91 bits per heavy atom. The summed E-state index contributed by atoms with van der Waals surface area (Å²) < 4.78 is 5.16. The number of fused-ring (bicyclic) bond motifs is 1. The van der Waals surface area contributed by atoms with Crippen LogP contribution in [0, 0.1) is 0 Å². The Hall–Kier alpha value is -1.81. The number of allylic oxidation sites excluding steroid dienone is 1. The van der Waals surface area contributed by atoms with Crippen molar-refractivity contribution in [2.45, 2.75) is 38.6 Å². The second-order valence-electron chi connectivity index (χ2n) is 5.91. The van der Waals surface area contributed by atoms with Crippen molar-refractivity contribution in [1.29, 1.82) is 0 Å². The molecule has 5 heteroatoms. The van der Waals surface area contributed by atoms with Gasteiger partial charge >= 0.3 is 5.97 Å². The van der Waals surface area contributed by atoms with Gasteiger partial charge in [-0.1, -0.05) is 23.7 Å². The number of hydrogen-bond donors (Lipinski definition) is 0. The predicted octanol–water partition coefficient (Wildman–Crippen LogP) is 3.60. The summed E-state index contributed by atoms with van der Waals surface area (Å²) in [6.45, 7) is 2.91. The molecule has 0 amide bonds. The summed E-state index contributed by atoms with van der Waals surface area (Å²) in [5.41, 5.74) is 1.45. The van der Waals surface area contributed by atoms with Crippen LogP contribution in [0.3, 0.4) is 0 Å². The van der Waals surface area contributed by atoms with E-state index in [0.29, 0.717) is 16.6 Å². The molecule has 3 rings (SSSR count). The monoisotopic (exact) mass is 333 g/mol. The number of ether oxygens (including phenoxy) is 1. The summed E-state index contributed by atoms with van der Waals surface area (Å²) in [6.07, 6.45) is 3.99. The van der Waals surface area contributed by atoms with E-state index in [1.54, 1.807) is 31.2 Å². The molecule has 122 valence electrons. The maximum absolute atomic E-state index is 12.9. The molecule has 0 spiro atoms. The van der Waals surface area contributed by atoms with E-state index in [2.05, 4.69) is 4.90 Å². The highest BCUT2D eigenvalue weighted by atomic mass is 35.5. The molecule has 1 aromatic carbocycles. The lowest BCUT2D eigenvalue weighted by molar-refractivity contribution is -0.138. The van der Waals surface area contributed by atoms with Crippen molar-refractivity contribution in [2.24, 2.45) is 0 Å². The minimum atomic E-state index is -0.528. The summed E-state index contributed by atoms with van der Waals surface area (Å²) >= 11 is 5.99. The van der Waals surface area contributed by atoms with Crippen LogP contribution >= 0.6 is 11.6 Å². The third-order valence-electron chi connectivity index (χ3n) is 4.52. The van der Waals surface area contributed by atoms with Gasteiger partial charge in [0.1, 0.15) is 5.57 Å². The van der Waals surface area contributed by atoms with Crippen LogP contribution in [0.25, 0.3) is 0 Å². The Morgan fingerprint density at radius 2 is 2.17 bits per heavy atom. The molecule has 23 heavy (non-hydrogen) atoms. The molecule has 0 aromatic heterocycles. The minimum absolute atomic E-state index is 0.179. The second-order valence-corrected chi connectivity index (χ2v) is 6.35. The molecular formula is C18H20ClNO3. The van der Waals surface area contributed by atoms with E-state index in [0.717, 1.165) is 37.9 Å². The molecule has 2 saturated heterocycles. The molecule has 2 aliphatic heterocycles. The first-order valence-corrected chi connectivity index (χ1v) is 8.46. The van der Waals surface area contributed by atoms with E-state index in [1.165, 1.54) is 0 Å². The molecule has 0 aliphatic carbocycles. The lowest BCUT2D eigenvalue weighted by Crippen LogP contribution is -2.27. The zero-order valence-corrected chi connectivity index (χ0v) is 13.9. The van der Waals surface area contributed by atoms with Crippen molar-refractivity contribution < 1.29 is 14.3 Å². The van der Waals surface area contributed by atoms with Gasteiger partial charge in [-0.05, 0) is 44.7 Å². The van der Waals surface area contributed by atoms with Gasteiger partial charge in [0.25, 0.3) is 0 Å². The molecule has 0 N–H and O–H groups in total. The number of carbonyl (C=O) groups excluding carboxylic acids is 2. The molecule has 1 aromatic rings. The zero-order chi connectivity index (χ0) is 16.4. The van der Waals surface area contributed by atoms with Gasteiger partial charge in [-0.3, -0.25) is 4.79 Å². The average molecular weight is 334 g/mol. The predicted molar refractivity (Wildman–Crippen MR) is 88.4 cm³/mol. The lowest BCUT2D eigenvalue weighted by atomic mass is 10.00. The zero-order valence-electron chi connectivity index (χ0n) is 13.2. The number of benzene rings is 1. The molecule has 2 aliphatic rings. The van der Waals surface area contributed by atoms with Crippen LogP contribution in [0.2, 0.25) is 5.02 Å². The van der Waals surface area contributed by atoms with Gasteiger partial charge in [-0.2, -0.15) is 0 Å². The summed E-state index contributed by atoms with van der Waals surface area (Å²) in [6, 6.07) is 7.17. The van der Waals surface area contributed by atoms with Gasteiger partial charge in [0, 0.05) is 28.9 Å². The first kappa shape index (κ1) is 16.1. The maximum atomic E-state index is 12.9. The van der Waals surface area contributed by atoms with Gasteiger partial charge in [0.05, 0.1) is 6.61 Å². The van der Waals surface area contributed by atoms with Crippen LogP contribution in [0.4, 0.5) is 0 Å². The molecule has 0 radical (unpaired) electrons. The highest BCUT2D eigenvalue weighted by molar-refractivity contribution is 6.31. The van der Waals surface area contributed by atoms with E-state index in [-0.39, 0.29) is 18.0 Å². The topological polar surface area (TPSA) is 46.6 Å². The number of rotatable bonds is 4. The SMILES string of the molecule is CCOC(=O)/C(C(=O)c1cccc(Cl)c1)=C1\CC[C@@H]2CCCN12. The molecule has 2 heterocycles. The van der Waals surface area contributed by atoms with Crippen LogP contribution in [-0.2, 0) is 9.53 Å². The Bertz CT molecular complexity index is 668. The quantitative estimate of drug-likeness (QED) is 0.278. The van der Waals surface area contributed by atoms with Crippen molar-refractivity contribution in [1.82, 2.24) is 4.90 Å². The lowest BCUT2D eigenvalue weighted by Gasteiger charge is -2.21. The fraction of sp³-hybridized carbons (Fsp3) is 0.444. The summed E-state index contributed by atoms with van der Waals surface area (Å²) in [5, 5.41) is 0.481. The third-order valence-corrected chi connectivity index (χ3v) is 4.76. The van der Waals surface area contributed by atoms with E-state index in [1.807, 2.05) is 0 Å². The number of halogens is 1. The van der Waals surface area contributed by atoms with Crippen molar-refractivity contribution >= 4 is 23.4 Å². The largest absolute Gasteiger partial charge is 0.462 e. The number of ketones is 1. The molecule has 0 bridgehead atoms. The van der Waals surface area contributed by atoms with Gasteiger partial charge in [-0.15, -0.1) is 0 Å². The molecule has 2 fully saturated rings. The van der Waals surface area contributed by atoms with Gasteiger partial charge in [-0.25, -0.2) is 4.79 Å². The van der Waals surface area contributed by atoms with E-state index in [4.69, 9.17) is 16.3 Å². The Balaban J connectivity index is 2.02. The van der Waals surface area contributed by atoms with E-state index in [9.17, 15) is 9.59 Å². The smallest absolute Gasteiger partial charge is 0.343 e. The molecular weight excluding hydrogens is 314 g/mol. The molecule has 1 atom stereocenters. The van der Waals surface area contributed by atoms with Crippen molar-refractivity contribution in [3.8, 4) is 0 Å². The number of hydrogen-bond acceptors (Lipinski definition) is 4. The van der Waals surface area contributed by atoms with Gasteiger partial charge in [0.2, 0.25) is 5.78 Å². The molecule has 0 saturated carbocycles. The van der Waals surface area contributed by atoms with E-state index < -0.39 is 5.97 Å². The van der Waals surface area contributed by atoms with Crippen LogP contribution in [0.5, 0.6) is 0 Å². The first-order chi connectivity index (χ1) is 11.1. The Morgan fingerprint density at radius 1 is 1.35 bits per heavy atom. The maximum Gasteiger partial charge on any atom is 0.343 e. The minimum Gasteiger partial charge on any atom is -0.462 e. The Labute approximate surface area is 141 Å². The Kier molecular flexibility index (Phi) is 4.71. The van der Waals surface area contributed by atoms with Crippen LogP contribution < -0.4 is 0 Å². The van der Waals surface area contributed by atoms with Crippen molar-refractivity contribution in [3.05, 3.63) is 46.1 Å². The highest BCUT2D eigenvalue weighted by Gasteiger charge is 2.37. The fourth-order valence-corrected chi connectivity index (χ4v) is 3.72. The number of carbonyl (C=O) groups is 2. The molecule has 4 nitrogen and oxygen atoms in total.